The van der Waals surface area contributed by atoms with Crippen LogP contribution in [0, 0.1) is 11.8 Å². The van der Waals surface area contributed by atoms with E-state index in [-0.39, 0.29) is 17.7 Å². The molecule has 3 atom stereocenters. The van der Waals surface area contributed by atoms with E-state index in [0.29, 0.717) is 29.8 Å². The molecule has 0 unspecified atom stereocenters. The zero-order chi connectivity index (χ0) is 17.1. The van der Waals surface area contributed by atoms with Crippen LogP contribution in [0.2, 0.25) is 0 Å². The van der Waals surface area contributed by atoms with E-state index in [1.165, 1.54) is 12.8 Å². The SMILES string of the molecule is C[C@@H]1C[C@@H]1C(=O)Nc1cccc(C(=O)NC[C@@H](C)N2CCCC2)c1. The third-order valence-electron chi connectivity index (χ3n) is 5.16. The Kier molecular flexibility index (Phi) is 5.19. The summed E-state index contributed by atoms with van der Waals surface area (Å²) in [6.07, 6.45) is 3.46. The van der Waals surface area contributed by atoms with Gasteiger partial charge in [0.25, 0.3) is 5.91 Å². The predicted molar refractivity (Wildman–Crippen MR) is 94.9 cm³/mol. The minimum Gasteiger partial charge on any atom is -0.350 e. The zero-order valence-corrected chi connectivity index (χ0v) is 14.5. The molecule has 2 amide bonds. The second kappa shape index (κ2) is 7.34. The third kappa shape index (κ3) is 4.15. The standard InChI is InChI=1S/C19H27N3O2/c1-13-10-17(13)19(24)21-16-7-5-6-15(11-16)18(23)20-12-14(2)22-8-3-4-9-22/h5-7,11,13-14,17H,3-4,8-10,12H2,1-2H3,(H,20,23)(H,21,24)/t13-,14-,17+/m1/s1. The molecule has 0 radical (unpaired) electrons. The number of nitrogens with zero attached hydrogens (tertiary/aromatic N) is 1. The summed E-state index contributed by atoms with van der Waals surface area (Å²) in [7, 11) is 0. The van der Waals surface area contributed by atoms with Gasteiger partial charge in [0, 0.05) is 29.8 Å². The first-order valence-corrected chi connectivity index (χ1v) is 8.98. The molecule has 1 heterocycles. The van der Waals surface area contributed by atoms with Crippen molar-refractivity contribution in [1.82, 2.24) is 10.2 Å². The molecule has 1 aromatic rings. The van der Waals surface area contributed by atoms with Crippen molar-refractivity contribution in [2.24, 2.45) is 11.8 Å². The summed E-state index contributed by atoms with van der Waals surface area (Å²) in [4.78, 5) is 26.8. The fraction of sp³-hybridized carbons (Fsp3) is 0.579. The second-order valence-corrected chi connectivity index (χ2v) is 7.19. The Morgan fingerprint density at radius 1 is 1.29 bits per heavy atom. The van der Waals surface area contributed by atoms with E-state index in [9.17, 15) is 9.59 Å². The lowest BCUT2D eigenvalue weighted by atomic mass is 10.1. The minimum absolute atomic E-state index is 0.0581. The molecule has 5 nitrogen and oxygen atoms in total. The lowest BCUT2D eigenvalue weighted by Crippen LogP contribution is -2.40. The molecule has 1 saturated carbocycles. The summed E-state index contributed by atoms with van der Waals surface area (Å²) < 4.78 is 0. The molecule has 5 heteroatoms. The Balaban J connectivity index is 1.52. The molecule has 1 saturated heterocycles. The predicted octanol–water partition coefficient (Wildman–Crippen LogP) is 2.50. The molecule has 1 aromatic carbocycles. The highest BCUT2D eigenvalue weighted by atomic mass is 16.2. The summed E-state index contributed by atoms with van der Waals surface area (Å²) in [6.45, 7) is 7.12. The van der Waals surface area contributed by atoms with Crippen LogP contribution in [0.15, 0.2) is 24.3 Å². The average Bonchev–Trinajstić information content (AvgIpc) is 3.08. The first kappa shape index (κ1) is 17.0. The van der Waals surface area contributed by atoms with Crippen LogP contribution in [0.4, 0.5) is 5.69 Å². The summed E-state index contributed by atoms with van der Waals surface area (Å²) >= 11 is 0. The first-order valence-electron chi connectivity index (χ1n) is 8.98. The normalized spacial score (nSPS) is 24.4. The number of likely N-dealkylation sites (tertiary alicyclic amines) is 1. The van der Waals surface area contributed by atoms with E-state index in [1.807, 2.05) is 12.1 Å². The topological polar surface area (TPSA) is 61.4 Å². The number of hydrogen-bond donors (Lipinski definition) is 2. The summed E-state index contributed by atoms with van der Waals surface area (Å²) in [5, 5.41) is 5.92. The van der Waals surface area contributed by atoms with E-state index in [2.05, 4.69) is 29.4 Å². The van der Waals surface area contributed by atoms with E-state index in [4.69, 9.17) is 0 Å². The molecule has 130 valence electrons. The molecule has 2 fully saturated rings. The molecule has 0 bridgehead atoms. The fourth-order valence-corrected chi connectivity index (χ4v) is 3.31. The van der Waals surface area contributed by atoms with Crippen molar-refractivity contribution in [3.05, 3.63) is 29.8 Å². The van der Waals surface area contributed by atoms with Gasteiger partial charge >= 0.3 is 0 Å². The quantitative estimate of drug-likeness (QED) is 0.843. The van der Waals surface area contributed by atoms with Crippen molar-refractivity contribution in [1.29, 1.82) is 0 Å². The number of carbonyl (C=O) groups is 2. The molecule has 2 N–H and O–H groups in total. The maximum absolute atomic E-state index is 12.4. The smallest absolute Gasteiger partial charge is 0.251 e. The summed E-state index contributed by atoms with van der Waals surface area (Å²) in [6, 6.07) is 7.53. The van der Waals surface area contributed by atoms with Crippen molar-refractivity contribution in [3.8, 4) is 0 Å². The molecule has 24 heavy (non-hydrogen) atoms. The average molecular weight is 329 g/mol. The monoisotopic (exact) mass is 329 g/mol. The molecule has 3 rings (SSSR count). The van der Waals surface area contributed by atoms with Gasteiger partial charge < -0.3 is 10.6 Å². The molecule has 0 aromatic heterocycles. The minimum atomic E-state index is -0.0862. The fourth-order valence-electron chi connectivity index (χ4n) is 3.31. The van der Waals surface area contributed by atoms with Crippen molar-refractivity contribution in [3.63, 3.8) is 0 Å². The van der Waals surface area contributed by atoms with Gasteiger partial charge in [-0.05, 0) is 63.4 Å². The van der Waals surface area contributed by atoms with Crippen LogP contribution in [0.25, 0.3) is 0 Å². The van der Waals surface area contributed by atoms with Gasteiger partial charge in [-0.3, -0.25) is 14.5 Å². The van der Waals surface area contributed by atoms with Crippen molar-refractivity contribution in [2.45, 2.75) is 39.2 Å². The highest BCUT2D eigenvalue weighted by Gasteiger charge is 2.39. The highest BCUT2D eigenvalue weighted by molar-refractivity contribution is 5.98. The lowest BCUT2D eigenvalue weighted by Gasteiger charge is -2.23. The van der Waals surface area contributed by atoms with Gasteiger partial charge in [-0.25, -0.2) is 0 Å². The Morgan fingerprint density at radius 2 is 2.00 bits per heavy atom. The molecular formula is C19H27N3O2. The number of rotatable bonds is 6. The molecule has 1 aliphatic carbocycles. The molecule has 0 spiro atoms. The second-order valence-electron chi connectivity index (χ2n) is 7.19. The maximum Gasteiger partial charge on any atom is 0.251 e. The van der Waals surface area contributed by atoms with Crippen LogP contribution in [-0.2, 0) is 4.79 Å². The van der Waals surface area contributed by atoms with E-state index in [0.717, 1.165) is 19.5 Å². The largest absolute Gasteiger partial charge is 0.350 e. The lowest BCUT2D eigenvalue weighted by molar-refractivity contribution is -0.117. The van der Waals surface area contributed by atoms with Crippen LogP contribution < -0.4 is 10.6 Å². The van der Waals surface area contributed by atoms with Gasteiger partial charge in [0.05, 0.1) is 0 Å². The molecule has 1 aliphatic heterocycles. The molecule has 2 aliphatic rings. The van der Waals surface area contributed by atoms with E-state index in [1.54, 1.807) is 12.1 Å². The third-order valence-corrected chi connectivity index (χ3v) is 5.16. The Bertz CT molecular complexity index is 610. The Hall–Kier alpha value is -1.88. The van der Waals surface area contributed by atoms with Gasteiger partial charge in [-0.2, -0.15) is 0 Å². The van der Waals surface area contributed by atoms with Crippen LogP contribution in [0.3, 0.4) is 0 Å². The molecular weight excluding hydrogens is 302 g/mol. The number of benzene rings is 1. The van der Waals surface area contributed by atoms with E-state index < -0.39 is 0 Å². The van der Waals surface area contributed by atoms with Gasteiger partial charge in [0.1, 0.15) is 0 Å². The number of amides is 2. The van der Waals surface area contributed by atoms with Gasteiger partial charge in [0.15, 0.2) is 0 Å². The highest BCUT2D eigenvalue weighted by Crippen LogP contribution is 2.38. The number of anilines is 1. The Labute approximate surface area is 143 Å². The van der Waals surface area contributed by atoms with Crippen LogP contribution in [0.1, 0.15) is 43.5 Å². The van der Waals surface area contributed by atoms with Gasteiger partial charge in [0.2, 0.25) is 5.91 Å². The zero-order valence-electron chi connectivity index (χ0n) is 14.5. The first-order chi connectivity index (χ1) is 11.5. The van der Waals surface area contributed by atoms with Crippen molar-refractivity contribution in [2.75, 3.05) is 25.0 Å². The van der Waals surface area contributed by atoms with Gasteiger partial charge in [-0.1, -0.05) is 13.0 Å². The number of hydrogen-bond acceptors (Lipinski definition) is 3. The van der Waals surface area contributed by atoms with Gasteiger partial charge in [-0.15, -0.1) is 0 Å². The van der Waals surface area contributed by atoms with Crippen LogP contribution in [0.5, 0.6) is 0 Å². The Morgan fingerprint density at radius 3 is 2.67 bits per heavy atom. The van der Waals surface area contributed by atoms with Crippen LogP contribution in [-0.4, -0.2) is 42.4 Å². The van der Waals surface area contributed by atoms with Crippen molar-refractivity contribution >= 4 is 17.5 Å². The van der Waals surface area contributed by atoms with E-state index >= 15 is 0 Å². The maximum atomic E-state index is 12.4. The van der Waals surface area contributed by atoms with Crippen LogP contribution >= 0.6 is 0 Å². The summed E-state index contributed by atoms with van der Waals surface area (Å²) in [5.41, 5.74) is 1.28. The number of nitrogens with one attached hydrogen (secondary N) is 2. The number of carbonyl (C=O) groups excluding carboxylic acids is 2. The van der Waals surface area contributed by atoms with Crippen molar-refractivity contribution < 1.29 is 9.59 Å². The summed E-state index contributed by atoms with van der Waals surface area (Å²) in [5.74, 6) is 0.576.